The van der Waals surface area contributed by atoms with Gasteiger partial charge in [0.2, 0.25) is 0 Å². The Hall–Kier alpha value is -0.760. The minimum atomic E-state index is 0.549. The smallest absolute Gasteiger partial charge is 0.128 e. The normalized spacial score (nSPS) is 12.6. The molecule has 0 spiro atoms. The van der Waals surface area contributed by atoms with Gasteiger partial charge in [-0.1, -0.05) is 20.3 Å². The fourth-order valence-electron chi connectivity index (χ4n) is 1.68. The molecule has 1 unspecified atom stereocenters. The van der Waals surface area contributed by atoms with Crippen molar-refractivity contribution in [2.75, 3.05) is 18.5 Å². The number of aromatic nitrogens is 1. The summed E-state index contributed by atoms with van der Waals surface area (Å²) < 4.78 is 0. The molecule has 1 aromatic heterocycles. The summed E-state index contributed by atoms with van der Waals surface area (Å²) in [7, 11) is 2.09. The number of rotatable bonds is 5. The number of nitrogens with zero attached hydrogens (tertiary/aromatic N) is 2. The second-order valence-corrected chi connectivity index (χ2v) is 4.77. The summed E-state index contributed by atoms with van der Waals surface area (Å²) in [4.78, 5) is 6.74. The van der Waals surface area contributed by atoms with Gasteiger partial charge in [0.05, 0.1) is 0 Å². The fraction of sp³-hybridized carbons (Fsp3) is 0.615. The van der Waals surface area contributed by atoms with Crippen LogP contribution in [0.1, 0.15) is 31.5 Å². The second kappa shape index (κ2) is 6.09. The van der Waals surface area contributed by atoms with Crippen molar-refractivity contribution in [3.8, 4) is 0 Å². The Kier molecular flexibility index (Phi) is 5.07. The fourth-order valence-corrected chi connectivity index (χ4v) is 1.84. The van der Waals surface area contributed by atoms with E-state index in [1.807, 2.05) is 13.0 Å². The molecule has 1 atom stereocenters. The van der Waals surface area contributed by atoms with Gasteiger partial charge in [0.1, 0.15) is 5.82 Å². The molecule has 1 aromatic rings. The van der Waals surface area contributed by atoms with Gasteiger partial charge in [0.15, 0.2) is 0 Å². The number of hydrogen-bond acceptors (Lipinski definition) is 2. The molecular formula is C13H21ClN2. The van der Waals surface area contributed by atoms with Crippen LogP contribution in [-0.4, -0.2) is 18.6 Å². The molecule has 16 heavy (non-hydrogen) atoms. The highest BCUT2D eigenvalue weighted by Gasteiger charge is 2.08. The zero-order valence-corrected chi connectivity index (χ0v) is 11.4. The van der Waals surface area contributed by atoms with Crippen molar-refractivity contribution in [2.24, 2.45) is 5.92 Å². The third-order valence-electron chi connectivity index (χ3n) is 2.83. The number of hydrogen-bond donors (Lipinski definition) is 0. The first-order chi connectivity index (χ1) is 7.56. The van der Waals surface area contributed by atoms with Gasteiger partial charge >= 0.3 is 0 Å². The summed E-state index contributed by atoms with van der Waals surface area (Å²) >= 11 is 5.86. The average molecular weight is 241 g/mol. The van der Waals surface area contributed by atoms with Gasteiger partial charge in [-0.15, -0.1) is 11.6 Å². The van der Waals surface area contributed by atoms with Gasteiger partial charge in [-0.25, -0.2) is 4.98 Å². The van der Waals surface area contributed by atoms with Crippen molar-refractivity contribution in [3.63, 3.8) is 0 Å². The monoisotopic (exact) mass is 240 g/mol. The highest BCUT2D eigenvalue weighted by molar-refractivity contribution is 6.17. The van der Waals surface area contributed by atoms with Crippen LogP contribution in [0.2, 0.25) is 0 Å². The quantitative estimate of drug-likeness (QED) is 0.731. The zero-order valence-electron chi connectivity index (χ0n) is 10.6. The Morgan fingerprint density at radius 1 is 1.44 bits per heavy atom. The van der Waals surface area contributed by atoms with E-state index in [9.17, 15) is 0 Å². The summed E-state index contributed by atoms with van der Waals surface area (Å²) in [5.74, 6) is 2.26. The lowest BCUT2D eigenvalue weighted by molar-refractivity contribution is 0.557. The maximum Gasteiger partial charge on any atom is 0.128 e. The molecule has 0 amide bonds. The molecule has 0 N–H and O–H groups in total. The topological polar surface area (TPSA) is 16.1 Å². The molecular weight excluding hydrogens is 220 g/mol. The van der Waals surface area contributed by atoms with Crippen molar-refractivity contribution in [2.45, 2.75) is 33.1 Å². The SMILES string of the molecule is CCC(C)CN(C)c1cc(CCl)cc(C)n1. The first-order valence-electron chi connectivity index (χ1n) is 5.81. The minimum absolute atomic E-state index is 0.549. The lowest BCUT2D eigenvalue weighted by atomic mass is 10.1. The molecule has 2 nitrogen and oxygen atoms in total. The van der Waals surface area contributed by atoms with E-state index in [2.05, 4.69) is 36.8 Å². The van der Waals surface area contributed by atoms with Crippen molar-refractivity contribution in [3.05, 3.63) is 23.4 Å². The zero-order chi connectivity index (χ0) is 12.1. The van der Waals surface area contributed by atoms with Crippen LogP contribution in [0, 0.1) is 12.8 Å². The molecule has 3 heteroatoms. The predicted molar refractivity (Wildman–Crippen MR) is 71.3 cm³/mol. The molecule has 0 aliphatic rings. The van der Waals surface area contributed by atoms with Gasteiger partial charge in [-0.3, -0.25) is 0 Å². The Bertz CT molecular complexity index is 339. The van der Waals surface area contributed by atoms with E-state index < -0.39 is 0 Å². The highest BCUT2D eigenvalue weighted by Crippen LogP contribution is 2.17. The van der Waals surface area contributed by atoms with Crippen LogP contribution in [-0.2, 0) is 5.88 Å². The summed E-state index contributed by atoms with van der Waals surface area (Å²) in [5.41, 5.74) is 2.17. The summed E-state index contributed by atoms with van der Waals surface area (Å²) in [6.07, 6.45) is 1.19. The Morgan fingerprint density at radius 2 is 2.12 bits per heavy atom. The van der Waals surface area contributed by atoms with E-state index in [0.29, 0.717) is 11.8 Å². The van der Waals surface area contributed by atoms with Crippen LogP contribution in [0.3, 0.4) is 0 Å². The molecule has 0 fully saturated rings. The number of aryl methyl sites for hydroxylation is 1. The van der Waals surface area contributed by atoms with Crippen LogP contribution in [0.4, 0.5) is 5.82 Å². The van der Waals surface area contributed by atoms with Crippen molar-refractivity contribution >= 4 is 17.4 Å². The van der Waals surface area contributed by atoms with Crippen molar-refractivity contribution in [1.82, 2.24) is 4.98 Å². The van der Waals surface area contributed by atoms with Crippen LogP contribution in [0.15, 0.2) is 12.1 Å². The van der Waals surface area contributed by atoms with E-state index in [1.165, 1.54) is 6.42 Å². The Balaban J connectivity index is 2.82. The standard InChI is InChI=1S/C13H21ClN2/c1-5-10(2)9-16(4)13-7-12(8-14)6-11(3)15-13/h6-7,10H,5,8-9H2,1-4H3. The van der Waals surface area contributed by atoms with Gasteiger partial charge in [-0.2, -0.15) is 0 Å². The molecule has 0 aliphatic heterocycles. The number of pyridine rings is 1. The van der Waals surface area contributed by atoms with E-state index >= 15 is 0 Å². The third-order valence-corrected chi connectivity index (χ3v) is 3.14. The van der Waals surface area contributed by atoms with E-state index in [1.54, 1.807) is 0 Å². The Morgan fingerprint density at radius 3 is 2.69 bits per heavy atom. The number of alkyl halides is 1. The average Bonchev–Trinajstić information content (AvgIpc) is 2.27. The second-order valence-electron chi connectivity index (χ2n) is 4.50. The van der Waals surface area contributed by atoms with Gasteiger partial charge < -0.3 is 4.90 Å². The van der Waals surface area contributed by atoms with Crippen molar-refractivity contribution in [1.29, 1.82) is 0 Å². The van der Waals surface area contributed by atoms with Crippen LogP contribution in [0.25, 0.3) is 0 Å². The summed E-state index contributed by atoms with van der Waals surface area (Å²) in [5, 5.41) is 0. The van der Waals surface area contributed by atoms with Gasteiger partial charge in [-0.05, 0) is 30.5 Å². The molecule has 90 valence electrons. The van der Waals surface area contributed by atoms with Gasteiger partial charge in [0, 0.05) is 25.2 Å². The predicted octanol–water partition coefficient (Wildman–Crippen LogP) is 3.61. The third kappa shape index (κ3) is 3.67. The first-order valence-corrected chi connectivity index (χ1v) is 6.35. The molecule has 1 heterocycles. The van der Waals surface area contributed by atoms with E-state index in [4.69, 9.17) is 11.6 Å². The van der Waals surface area contributed by atoms with Gasteiger partial charge in [0.25, 0.3) is 0 Å². The Labute approximate surface area is 104 Å². The molecule has 0 aromatic carbocycles. The van der Waals surface area contributed by atoms with E-state index in [0.717, 1.165) is 23.6 Å². The molecule has 0 saturated carbocycles. The molecule has 0 saturated heterocycles. The van der Waals surface area contributed by atoms with Crippen LogP contribution < -0.4 is 4.90 Å². The van der Waals surface area contributed by atoms with Crippen LogP contribution >= 0.6 is 11.6 Å². The largest absolute Gasteiger partial charge is 0.359 e. The minimum Gasteiger partial charge on any atom is -0.359 e. The maximum absolute atomic E-state index is 5.86. The summed E-state index contributed by atoms with van der Waals surface area (Å²) in [6.45, 7) is 7.52. The number of halogens is 1. The first kappa shape index (κ1) is 13.3. The molecule has 0 aliphatic carbocycles. The summed E-state index contributed by atoms with van der Waals surface area (Å²) in [6, 6.07) is 4.11. The molecule has 0 bridgehead atoms. The lowest BCUT2D eigenvalue weighted by Crippen LogP contribution is -2.24. The number of anilines is 1. The van der Waals surface area contributed by atoms with Crippen LogP contribution in [0.5, 0.6) is 0 Å². The van der Waals surface area contributed by atoms with E-state index in [-0.39, 0.29) is 0 Å². The molecule has 1 rings (SSSR count). The maximum atomic E-state index is 5.86. The highest BCUT2D eigenvalue weighted by atomic mass is 35.5. The molecule has 0 radical (unpaired) electrons. The van der Waals surface area contributed by atoms with Crippen molar-refractivity contribution < 1.29 is 0 Å². The lowest BCUT2D eigenvalue weighted by Gasteiger charge is -2.22.